The molecule has 0 aliphatic carbocycles. The molecule has 11 aromatic rings. The van der Waals surface area contributed by atoms with Crippen molar-refractivity contribution in [3.63, 3.8) is 0 Å². The van der Waals surface area contributed by atoms with Gasteiger partial charge in [-0.05, 0) is 50.0 Å². The van der Waals surface area contributed by atoms with E-state index in [1.165, 1.54) is 52.5 Å². The van der Waals surface area contributed by atoms with Gasteiger partial charge in [-0.25, -0.2) is 4.98 Å². The van der Waals surface area contributed by atoms with Gasteiger partial charge in [0.25, 0.3) is 0 Å². The van der Waals surface area contributed by atoms with Crippen LogP contribution in [0.1, 0.15) is 0 Å². The van der Waals surface area contributed by atoms with Crippen molar-refractivity contribution in [2.75, 3.05) is 0 Å². The van der Waals surface area contributed by atoms with Crippen LogP contribution in [0.25, 0.3) is 85.8 Å². The van der Waals surface area contributed by atoms with Crippen molar-refractivity contribution in [2.24, 2.45) is 0 Å². The van der Waals surface area contributed by atoms with Crippen LogP contribution in [-0.4, -0.2) is 4.98 Å². The van der Waals surface area contributed by atoms with Crippen molar-refractivity contribution < 1.29 is 4.57 Å². The molecule has 0 aliphatic rings. The molecule has 258 valence electrons. The van der Waals surface area contributed by atoms with Crippen LogP contribution in [0.4, 0.5) is 0 Å². The second-order valence-electron chi connectivity index (χ2n) is 14.1. The molecule has 2 heterocycles. The fourth-order valence-corrected chi connectivity index (χ4v) is 12.4. The largest absolute Gasteiger partial charge is 0.309 e. The first-order chi connectivity index (χ1) is 27.2. The SMILES string of the molecule is O=P(c1ccccc1)(c1ccccc1)c1ccc(-c2cccc3c2nc(-c2ccc4c5ccccc5c5ccccc5c4c2)c2sc4ccccc4c23)cc1. The van der Waals surface area contributed by atoms with E-state index in [4.69, 9.17) is 4.98 Å². The van der Waals surface area contributed by atoms with Crippen molar-refractivity contribution in [3.05, 3.63) is 194 Å². The minimum atomic E-state index is -3.10. The molecule has 0 atom stereocenters. The van der Waals surface area contributed by atoms with Crippen LogP contribution in [0.3, 0.4) is 0 Å². The summed E-state index contributed by atoms with van der Waals surface area (Å²) in [5.41, 5.74) is 5.14. The van der Waals surface area contributed by atoms with E-state index in [0.29, 0.717) is 0 Å². The van der Waals surface area contributed by atoms with Gasteiger partial charge < -0.3 is 4.57 Å². The van der Waals surface area contributed by atoms with Gasteiger partial charge in [-0.15, -0.1) is 11.3 Å². The van der Waals surface area contributed by atoms with E-state index >= 15 is 4.57 Å². The molecule has 0 bridgehead atoms. The molecule has 0 N–H and O–H groups in total. The maximum absolute atomic E-state index is 15.2. The van der Waals surface area contributed by atoms with Crippen molar-refractivity contribution >= 4 is 97.8 Å². The van der Waals surface area contributed by atoms with Gasteiger partial charge in [0.05, 0.1) is 15.9 Å². The minimum Gasteiger partial charge on any atom is -0.309 e. The average molecular weight is 738 g/mol. The Labute approximate surface area is 322 Å². The highest BCUT2D eigenvalue weighted by Crippen LogP contribution is 2.47. The molecule has 0 spiro atoms. The highest BCUT2D eigenvalue weighted by atomic mass is 32.1. The third-order valence-corrected chi connectivity index (χ3v) is 15.4. The second kappa shape index (κ2) is 12.6. The van der Waals surface area contributed by atoms with E-state index in [0.717, 1.165) is 49.2 Å². The van der Waals surface area contributed by atoms with Crippen LogP contribution in [0.2, 0.25) is 0 Å². The molecule has 0 aliphatic heterocycles. The Morgan fingerprint density at radius 1 is 0.400 bits per heavy atom. The first-order valence-corrected chi connectivity index (χ1v) is 21.1. The van der Waals surface area contributed by atoms with Crippen LogP contribution >= 0.6 is 18.5 Å². The number of benzene rings is 9. The summed E-state index contributed by atoms with van der Waals surface area (Å²) in [6.45, 7) is 0. The lowest BCUT2D eigenvalue weighted by molar-refractivity contribution is 0.592. The van der Waals surface area contributed by atoms with E-state index in [9.17, 15) is 0 Å². The van der Waals surface area contributed by atoms with Crippen molar-refractivity contribution in [2.45, 2.75) is 0 Å². The number of pyridine rings is 1. The molecule has 0 saturated carbocycles. The predicted molar refractivity (Wildman–Crippen MR) is 237 cm³/mol. The van der Waals surface area contributed by atoms with Gasteiger partial charge in [0.15, 0.2) is 7.14 Å². The van der Waals surface area contributed by atoms with Gasteiger partial charge >= 0.3 is 0 Å². The molecule has 55 heavy (non-hydrogen) atoms. The molecule has 0 amide bonds. The minimum absolute atomic E-state index is 0.810. The Kier molecular flexibility index (Phi) is 7.35. The number of rotatable bonds is 5. The molecule has 2 aromatic heterocycles. The zero-order valence-corrected chi connectivity index (χ0v) is 31.4. The zero-order chi connectivity index (χ0) is 36.5. The lowest BCUT2D eigenvalue weighted by Crippen LogP contribution is -2.24. The van der Waals surface area contributed by atoms with E-state index < -0.39 is 7.14 Å². The zero-order valence-electron chi connectivity index (χ0n) is 29.7. The fourth-order valence-electron chi connectivity index (χ4n) is 8.57. The number of thiophene rings is 1. The monoisotopic (exact) mass is 737 g/mol. The van der Waals surface area contributed by atoms with Gasteiger partial charge in [0, 0.05) is 47.9 Å². The fraction of sp³-hybridized carbons (Fsp3) is 0. The predicted octanol–water partition coefficient (Wildman–Crippen LogP) is 13.0. The number of hydrogen-bond donors (Lipinski definition) is 0. The topological polar surface area (TPSA) is 30.0 Å². The van der Waals surface area contributed by atoms with E-state index in [1.807, 2.05) is 84.1 Å². The molecule has 0 unspecified atom stereocenters. The Bertz CT molecular complexity index is 3260. The number of aromatic nitrogens is 1. The van der Waals surface area contributed by atoms with E-state index in [1.54, 1.807) is 0 Å². The van der Waals surface area contributed by atoms with Gasteiger partial charge in [-0.3, -0.25) is 0 Å². The Balaban J connectivity index is 1.15. The van der Waals surface area contributed by atoms with Crippen LogP contribution in [0, 0.1) is 0 Å². The molecule has 0 saturated heterocycles. The summed E-state index contributed by atoms with van der Waals surface area (Å²) in [6, 6.07) is 67.7. The third kappa shape index (κ3) is 4.94. The summed E-state index contributed by atoms with van der Waals surface area (Å²) >= 11 is 1.82. The van der Waals surface area contributed by atoms with Crippen LogP contribution in [0.15, 0.2) is 194 Å². The lowest BCUT2D eigenvalue weighted by Gasteiger charge is -2.20. The second-order valence-corrected chi connectivity index (χ2v) is 18.0. The summed E-state index contributed by atoms with van der Waals surface area (Å²) < 4.78 is 17.6. The first-order valence-electron chi connectivity index (χ1n) is 18.6. The summed E-state index contributed by atoms with van der Waals surface area (Å²) in [6.07, 6.45) is 0. The van der Waals surface area contributed by atoms with Gasteiger partial charge in [-0.2, -0.15) is 0 Å². The molecule has 9 aromatic carbocycles. The molecular formula is C51H32NOPS. The van der Waals surface area contributed by atoms with Crippen molar-refractivity contribution in [3.8, 4) is 22.4 Å². The molecule has 4 heteroatoms. The Morgan fingerprint density at radius 2 is 0.891 bits per heavy atom. The summed E-state index contributed by atoms with van der Waals surface area (Å²) in [5, 5.41) is 13.6. The molecule has 2 nitrogen and oxygen atoms in total. The molecule has 0 fully saturated rings. The summed E-state index contributed by atoms with van der Waals surface area (Å²) in [5.74, 6) is 0. The Hall–Kier alpha value is -6.38. The highest BCUT2D eigenvalue weighted by Gasteiger charge is 2.29. The van der Waals surface area contributed by atoms with Gasteiger partial charge in [-0.1, -0.05) is 182 Å². The third-order valence-electron chi connectivity index (χ3n) is 11.1. The van der Waals surface area contributed by atoms with E-state index in [2.05, 4.69) is 121 Å². The lowest BCUT2D eigenvalue weighted by atomic mass is 9.92. The van der Waals surface area contributed by atoms with Gasteiger partial charge in [0.1, 0.15) is 0 Å². The maximum Gasteiger partial charge on any atom is 0.171 e. The normalized spacial score (nSPS) is 12.1. The van der Waals surface area contributed by atoms with Crippen LogP contribution < -0.4 is 15.9 Å². The average Bonchev–Trinajstić information content (AvgIpc) is 3.66. The number of nitrogens with zero attached hydrogens (tertiary/aromatic N) is 1. The summed E-state index contributed by atoms with van der Waals surface area (Å²) in [4.78, 5) is 5.62. The first kappa shape index (κ1) is 32.1. The van der Waals surface area contributed by atoms with E-state index in [-0.39, 0.29) is 0 Å². The molecule has 11 rings (SSSR count). The summed E-state index contributed by atoms with van der Waals surface area (Å²) in [7, 11) is -3.10. The maximum atomic E-state index is 15.2. The van der Waals surface area contributed by atoms with Gasteiger partial charge in [0.2, 0.25) is 0 Å². The Morgan fingerprint density at radius 3 is 1.53 bits per heavy atom. The number of para-hydroxylation sites is 1. The molecular weight excluding hydrogens is 706 g/mol. The van der Waals surface area contributed by atoms with Crippen molar-refractivity contribution in [1.29, 1.82) is 0 Å². The van der Waals surface area contributed by atoms with Crippen LogP contribution in [-0.2, 0) is 4.57 Å². The quantitative estimate of drug-likeness (QED) is 0.130. The number of hydrogen-bond acceptors (Lipinski definition) is 3. The van der Waals surface area contributed by atoms with Crippen molar-refractivity contribution in [1.82, 2.24) is 4.98 Å². The molecule has 0 radical (unpaired) electrons. The highest BCUT2D eigenvalue weighted by molar-refractivity contribution is 7.85. The number of fused-ring (bicyclic) bond motifs is 11. The standard InChI is InChI=1S/C51H32NOPS/c53-54(35-14-3-1-4-15-35,36-16-5-2-6-17-36)37-29-26-33(27-30-37)38-23-13-24-45-48-44-22-11-12-25-47(44)55-51(48)49(52-50(38)45)34-28-31-43-41-20-8-7-18-39(41)40-19-9-10-21-42(40)46(43)32-34/h1-32H. The smallest absolute Gasteiger partial charge is 0.171 e. The van der Waals surface area contributed by atoms with Crippen LogP contribution in [0.5, 0.6) is 0 Å².